The van der Waals surface area contributed by atoms with Gasteiger partial charge in [0.15, 0.2) is 0 Å². The summed E-state index contributed by atoms with van der Waals surface area (Å²) in [6.07, 6.45) is 4.32. The van der Waals surface area contributed by atoms with Gasteiger partial charge in [0.05, 0.1) is 31.7 Å². The molecule has 7 nitrogen and oxygen atoms in total. The van der Waals surface area contributed by atoms with Gasteiger partial charge in [0, 0.05) is 18.3 Å². The second kappa shape index (κ2) is 6.83. The Labute approximate surface area is 123 Å². The molecule has 0 fully saturated rings. The highest BCUT2D eigenvalue weighted by molar-refractivity contribution is 5.30. The molecular formula is C14H19N5O2. The summed E-state index contributed by atoms with van der Waals surface area (Å²) in [5, 5.41) is 3.15. The molecule has 1 N–H and O–H groups in total. The molecule has 2 heterocycles. The van der Waals surface area contributed by atoms with E-state index in [0.717, 1.165) is 18.8 Å². The second-order valence-corrected chi connectivity index (χ2v) is 4.63. The van der Waals surface area contributed by atoms with Crippen LogP contribution in [-0.4, -0.2) is 33.2 Å². The van der Waals surface area contributed by atoms with Gasteiger partial charge in [-0.25, -0.2) is 9.97 Å². The standard InChI is InChI=1S/C14H19N5O2/c1-4-5-15-12-8-16-11(7-17-12)9-19-13(20)6-10(2)18-14(19)21-3/h6-8H,4-5,9H2,1-3H3,(H,15,17). The van der Waals surface area contributed by atoms with Gasteiger partial charge in [-0.05, 0) is 13.3 Å². The molecule has 0 aliphatic heterocycles. The smallest absolute Gasteiger partial charge is 0.299 e. The first-order valence-corrected chi connectivity index (χ1v) is 6.81. The molecule has 0 aliphatic carbocycles. The summed E-state index contributed by atoms with van der Waals surface area (Å²) < 4.78 is 6.57. The molecule has 2 rings (SSSR count). The van der Waals surface area contributed by atoms with E-state index < -0.39 is 0 Å². The minimum atomic E-state index is -0.172. The van der Waals surface area contributed by atoms with Gasteiger partial charge in [-0.1, -0.05) is 6.92 Å². The summed E-state index contributed by atoms with van der Waals surface area (Å²) in [7, 11) is 1.49. The van der Waals surface area contributed by atoms with Crippen LogP contribution in [0.1, 0.15) is 24.7 Å². The van der Waals surface area contributed by atoms with Crippen molar-refractivity contribution in [3.63, 3.8) is 0 Å². The molecule has 0 bridgehead atoms. The molecule has 2 aromatic heterocycles. The summed E-state index contributed by atoms with van der Waals surface area (Å²) in [5.74, 6) is 0.724. The number of nitrogens with one attached hydrogen (secondary N) is 1. The number of nitrogens with zero attached hydrogens (tertiary/aromatic N) is 4. The van der Waals surface area contributed by atoms with Crippen LogP contribution in [-0.2, 0) is 6.54 Å². The lowest BCUT2D eigenvalue weighted by Crippen LogP contribution is -2.23. The monoisotopic (exact) mass is 289 g/mol. The van der Waals surface area contributed by atoms with Crippen LogP contribution < -0.4 is 15.6 Å². The van der Waals surface area contributed by atoms with Gasteiger partial charge in [0.2, 0.25) is 0 Å². The Morgan fingerprint density at radius 3 is 2.76 bits per heavy atom. The van der Waals surface area contributed by atoms with Crippen LogP contribution in [0.4, 0.5) is 5.82 Å². The van der Waals surface area contributed by atoms with E-state index in [-0.39, 0.29) is 18.1 Å². The molecular weight excluding hydrogens is 270 g/mol. The third kappa shape index (κ3) is 3.77. The van der Waals surface area contributed by atoms with Gasteiger partial charge in [0.25, 0.3) is 11.6 Å². The van der Waals surface area contributed by atoms with E-state index >= 15 is 0 Å². The first kappa shape index (κ1) is 15.0. The third-order valence-corrected chi connectivity index (χ3v) is 2.87. The third-order valence-electron chi connectivity index (χ3n) is 2.87. The Morgan fingerprint density at radius 1 is 1.33 bits per heavy atom. The van der Waals surface area contributed by atoms with E-state index in [2.05, 4.69) is 27.2 Å². The average Bonchev–Trinajstić information content (AvgIpc) is 2.48. The zero-order valence-electron chi connectivity index (χ0n) is 12.5. The normalized spacial score (nSPS) is 10.4. The number of methoxy groups -OCH3 is 1. The Kier molecular flexibility index (Phi) is 4.86. The van der Waals surface area contributed by atoms with Crippen LogP contribution in [0.3, 0.4) is 0 Å². The van der Waals surface area contributed by atoms with Gasteiger partial charge in [-0.15, -0.1) is 0 Å². The molecule has 2 aromatic rings. The van der Waals surface area contributed by atoms with E-state index in [0.29, 0.717) is 11.4 Å². The molecule has 0 saturated heterocycles. The molecule has 112 valence electrons. The van der Waals surface area contributed by atoms with E-state index in [9.17, 15) is 4.79 Å². The van der Waals surface area contributed by atoms with Crippen molar-refractivity contribution >= 4 is 5.82 Å². The fourth-order valence-electron chi connectivity index (χ4n) is 1.84. The highest BCUT2D eigenvalue weighted by Gasteiger charge is 2.09. The summed E-state index contributed by atoms with van der Waals surface area (Å²) >= 11 is 0. The largest absolute Gasteiger partial charge is 0.468 e. The van der Waals surface area contributed by atoms with Crippen molar-refractivity contribution in [1.82, 2.24) is 19.5 Å². The molecule has 0 atom stereocenters. The van der Waals surface area contributed by atoms with Gasteiger partial charge in [0.1, 0.15) is 5.82 Å². The van der Waals surface area contributed by atoms with Gasteiger partial charge in [-0.3, -0.25) is 14.3 Å². The van der Waals surface area contributed by atoms with Crippen LogP contribution in [0.15, 0.2) is 23.3 Å². The number of rotatable bonds is 6. The second-order valence-electron chi connectivity index (χ2n) is 4.63. The van der Waals surface area contributed by atoms with Gasteiger partial charge < -0.3 is 10.1 Å². The first-order chi connectivity index (χ1) is 10.1. The van der Waals surface area contributed by atoms with Crippen molar-refractivity contribution in [3.8, 4) is 6.01 Å². The molecule has 0 aromatic carbocycles. The van der Waals surface area contributed by atoms with Crippen LogP contribution in [0.5, 0.6) is 6.01 Å². The summed E-state index contributed by atoms with van der Waals surface area (Å²) in [5.41, 5.74) is 1.12. The maximum Gasteiger partial charge on any atom is 0.299 e. The number of aryl methyl sites for hydroxylation is 1. The Balaban J connectivity index is 2.20. The van der Waals surface area contributed by atoms with Gasteiger partial charge in [-0.2, -0.15) is 0 Å². The minimum Gasteiger partial charge on any atom is -0.468 e. The Hall–Kier alpha value is -2.44. The predicted molar refractivity (Wildman–Crippen MR) is 79.7 cm³/mol. The molecule has 0 amide bonds. The van der Waals surface area contributed by atoms with Crippen LogP contribution in [0.2, 0.25) is 0 Å². The molecule has 0 saturated carbocycles. The van der Waals surface area contributed by atoms with E-state index in [4.69, 9.17) is 4.74 Å². The minimum absolute atomic E-state index is 0.172. The van der Waals surface area contributed by atoms with Crippen molar-refractivity contribution in [2.75, 3.05) is 19.0 Å². The maximum absolute atomic E-state index is 12.0. The fourth-order valence-corrected chi connectivity index (χ4v) is 1.84. The summed E-state index contributed by atoms with van der Waals surface area (Å²) in [6, 6.07) is 1.74. The lowest BCUT2D eigenvalue weighted by atomic mass is 10.4. The number of hydrogen-bond acceptors (Lipinski definition) is 6. The highest BCUT2D eigenvalue weighted by atomic mass is 16.5. The fraction of sp³-hybridized carbons (Fsp3) is 0.429. The highest BCUT2D eigenvalue weighted by Crippen LogP contribution is 2.08. The number of ether oxygens (including phenoxy) is 1. The van der Waals surface area contributed by atoms with Crippen molar-refractivity contribution in [2.24, 2.45) is 0 Å². The zero-order chi connectivity index (χ0) is 15.2. The van der Waals surface area contributed by atoms with Crippen LogP contribution in [0.25, 0.3) is 0 Å². The van der Waals surface area contributed by atoms with Crippen molar-refractivity contribution < 1.29 is 4.74 Å². The Bertz CT molecular complexity index is 651. The van der Waals surface area contributed by atoms with E-state index in [1.54, 1.807) is 19.3 Å². The number of anilines is 1. The van der Waals surface area contributed by atoms with Crippen molar-refractivity contribution in [3.05, 3.63) is 40.2 Å². The predicted octanol–water partition coefficient (Wildman–Crippen LogP) is 1.22. The maximum atomic E-state index is 12.0. The van der Waals surface area contributed by atoms with Crippen molar-refractivity contribution in [2.45, 2.75) is 26.8 Å². The van der Waals surface area contributed by atoms with Crippen LogP contribution >= 0.6 is 0 Å². The first-order valence-electron chi connectivity index (χ1n) is 6.81. The summed E-state index contributed by atoms with van der Waals surface area (Å²) in [6.45, 7) is 4.96. The lowest BCUT2D eigenvalue weighted by Gasteiger charge is -2.10. The molecule has 0 radical (unpaired) electrons. The molecule has 21 heavy (non-hydrogen) atoms. The Morgan fingerprint density at radius 2 is 2.14 bits per heavy atom. The molecule has 7 heteroatoms. The van der Waals surface area contributed by atoms with E-state index in [1.807, 2.05) is 0 Å². The zero-order valence-corrected chi connectivity index (χ0v) is 12.5. The van der Waals surface area contributed by atoms with Crippen molar-refractivity contribution in [1.29, 1.82) is 0 Å². The SMILES string of the molecule is CCCNc1cnc(Cn2c(OC)nc(C)cc2=O)cn1. The average molecular weight is 289 g/mol. The molecule has 0 aliphatic rings. The molecule has 0 spiro atoms. The lowest BCUT2D eigenvalue weighted by molar-refractivity contribution is 0.349. The molecule has 0 unspecified atom stereocenters. The van der Waals surface area contributed by atoms with Crippen LogP contribution in [0, 0.1) is 6.92 Å². The number of hydrogen-bond donors (Lipinski definition) is 1. The van der Waals surface area contributed by atoms with Gasteiger partial charge >= 0.3 is 0 Å². The number of aromatic nitrogens is 4. The topological polar surface area (TPSA) is 81.9 Å². The quantitative estimate of drug-likeness (QED) is 0.861. The summed E-state index contributed by atoms with van der Waals surface area (Å²) in [4.78, 5) is 24.8. The van der Waals surface area contributed by atoms with E-state index in [1.165, 1.54) is 17.7 Å².